The average Bonchev–Trinajstić information content (AvgIpc) is 3.26. The number of nitrogens with two attached hydrogens (primary N) is 1. The van der Waals surface area contributed by atoms with Crippen molar-refractivity contribution in [2.75, 3.05) is 32.8 Å². The molecule has 0 spiro atoms. The maximum Gasteiger partial charge on any atom is 0.223 e. The summed E-state index contributed by atoms with van der Waals surface area (Å²) in [6.07, 6.45) is 4.32. The van der Waals surface area contributed by atoms with Crippen LogP contribution in [0.15, 0.2) is 18.2 Å². The summed E-state index contributed by atoms with van der Waals surface area (Å²) in [6.45, 7) is 4.37. The molecule has 2 N–H and O–H groups in total. The SMILES string of the molecule is NC(=O)C1CC(=O)N(C2CCN(CCc3ccc4c(c3)CCO4)CC2)C1. The van der Waals surface area contributed by atoms with Crippen molar-refractivity contribution in [3.05, 3.63) is 29.3 Å². The van der Waals surface area contributed by atoms with E-state index >= 15 is 0 Å². The predicted octanol–water partition coefficient (Wildman–Crippen LogP) is 0.962. The van der Waals surface area contributed by atoms with E-state index < -0.39 is 0 Å². The lowest BCUT2D eigenvalue weighted by molar-refractivity contribution is -0.130. The summed E-state index contributed by atoms with van der Waals surface area (Å²) >= 11 is 0. The van der Waals surface area contributed by atoms with Crippen molar-refractivity contribution < 1.29 is 14.3 Å². The van der Waals surface area contributed by atoms with Crippen molar-refractivity contribution in [3.8, 4) is 5.75 Å². The number of rotatable bonds is 5. The molecule has 1 aromatic rings. The smallest absolute Gasteiger partial charge is 0.223 e. The fourth-order valence-corrected chi connectivity index (χ4v) is 4.41. The Morgan fingerprint density at radius 1 is 1.27 bits per heavy atom. The lowest BCUT2D eigenvalue weighted by atomic mass is 10.0. The molecule has 0 aliphatic carbocycles. The topological polar surface area (TPSA) is 75.9 Å². The fraction of sp³-hybridized carbons (Fsp3) is 0.600. The van der Waals surface area contributed by atoms with Crippen LogP contribution in [-0.4, -0.2) is 60.4 Å². The molecule has 0 saturated carbocycles. The maximum atomic E-state index is 12.2. The van der Waals surface area contributed by atoms with Crippen LogP contribution >= 0.6 is 0 Å². The summed E-state index contributed by atoms with van der Waals surface area (Å²) in [5.74, 6) is 0.481. The molecule has 1 unspecified atom stereocenters. The largest absolute Gasteiger partial charge is 0.493 e. The van der Waals surface area contributed by atoms with Crippen LogP contribution < -0.4 is 10.5 Å². The number of piperidine rings is 1. The minimum atomic E-state index is -0.349. The molecule has 4 rings (SSSR count). The summed E-state index contributed by atoms with van der Waals surface area (Å²) in [5.41, 5.74) is 8.07. The molecular weight excluding hydrogens is 330 g/mol. The first kappa shape index (κ1) is 17.3. The normalized spacial score (nSPS) is 23.9. The first-order valence-corrected chi connectivity index (χ1v) is 9.66. The number of amides is 2. The second kappa shape index (κ2) is 7.27. The van der Waals surface area contributed by atoms with E-state index in [9.17, 15) is 9.59 Å². The van der Waals surface area contributed by atoms with Gasteiger partial charge in [-0.2, -0.15) is 0 Å². The minimum absolute atomic E-state index is 0.0904. The van der Waals surface area contributed by atoms with Crippen LogP contribution in [0.1, 0.15) is 30.4 Å². The molecule has 0 bridgehead atoms. The van der Waals surface area contributed by atoms with Gasteiger partial charge in [-0.05, 0) is 36.5 Å². The van der Waals surface area contributed by atoms with Crippen LogP contribution in [0.5, 0.6) is 5.75 Å². The minimum Gasteiger partial charge on any atom is -0.493 e. The molecule has 1 aromatic carbocycles. The van der Waals surface area contributed by atoms with Gasteiger partial charge in [-0.25, -0.2) is 0 Å². The molecule has 2 saturated heterocycles. The Morgan fingerprint density at radius 3 is 2.81 bits per heavy atom. The van der Waals surface area contributed by atoms with E-state index in [2.05, 4.69) is 23.1 Å². The molecule has 0 aromatic heterocycles. The fourth-order valence-electron chi connectivity index (χ4n) is 4.41. The number of benzene rings is 1. The van der Waals surface area contributed by atoms with Crippen molar-refractivity contribution in [1.29, 1.82) is 0 Å². The molecule has 3 heterocycles. The average molecular weight is 357 g/mol. The Labute approximate surface area is 154 Å². The van der Waals surface area contributed by atoms with E-state index in [0.29, 0.717) is 6.54 Å². The standard InChI is InChI=1S/C20H27N3O3/c21-20(25)16-12-19(24)23(13-16)17-4-8-22(9-5-17)7-3-14-1-2-18-15(11-14)6-10-26-18/h1-2,11,16-17H,3-10,12-13H2,(H2,21,25). The Bertz CT molecular complexity index is 698. The van der Waals surface area contributed by atoms with Crippen LogP contribution in [0, 0.1) is 5.92 Å². The number of fused-ring (bicyclic) bond motifs is 1. The van der Waals surface area contributed by atoms with E-state index in [0.717, 1.165) is 57.7 Å². The number of primary amides is 1. The molecule has 140 valence electrons. The van der Waals surface area contributed by atoms with Gasteiger partial charge in [-0.15, -0.1) is 0 Å². The summed E-state index contributed by atoms with van der Waals surface area (Å²) in [6, 6.07) is 6.81. The summed E-state index contributed by atoms with van der Waals surface area (Å²) in [4.78, 5) is 27.9. The lowest BCUT2D eigenvalue weighted by Crippen LogP contribution is -2.46. The third kappa shape index (κ3) is 3.56. The first-order valence-electron chi connectivity index (χ1n) is 9.66. The number of carbonyl (C=O) groups is 2. The van der Waals surface area contributed by atoms with E-state index in [1.165, 1.54) is 11.1 Å². The highest BCUT2D eigenvalue weighted by Gasteiger charge is 2.37. The van der Waals surface area contributed by atoms with E-state index in [1.807, 2.05) is 4.90 Å². The van der Waals surface area contributed by atoms with Gasteiger partial charge in [0.05, 0.1) is 12.5 Å². The highest BCUT2D eigenvalue weighted by atomic mass is 16.5. The molecule has 3 aliphatic rings. The molecule has 2 fully saturated rings. The van der Waals surface area contributed by atoms with Crippen molar-refractivity contribution in [2.24, 2.45) is 11.7 Å². The van der Waals surface area contributed by atoms with Crippen molar-refractivity contribution >= 4 is 11.8 Å². The molecule has 0 radical (unpaired) electrons. The summed E-state index contributed by atoms with van der Waals surface area (Å²) in [5, 5.41) is 0. The van der Waals surface area contributed by atoms with Gasteiger partial charge >= 0.3 is 0 Å². The van der Waals surface area contributed by atoms with Crippen molar-refractivity contribution in [1.82, 2.24) is 9.80 Å². The van der Waals surface area contributed by atoms with Crippen molar-refractivity contribution in [2.45, 2.75) is 38.1 Å². The second-order valence-electron chi connectivity index (χ2n) is 7.71. The van der Waals surface area contributed by atoms with Crippen LogP contribution in [0.25, 0.3) is 0 Å². The summed E-state index contributed by atoms with van der Waals surface area (Å²) in [7, 11) is 0. The lowest BCUT2D eigenvalue weighted by Gasteiger charge is -2.36. The highest BCUT2D eigenvalue weighted by molar-refractivity contribution is 5.88. The third-order valence-corrected chi connectivity index (χ3v) is 6.03. The molecule has 26 heavy (non-hydrogen) atoms. The van der Waals surface area contributed by atoms with Gasteiger partial charge < -0.3 is 20.3 Å². The zero-order valence-corrected chi connectivity index (χ0v) is 15.2. The zero-order valence-electron chi connectivity index (χ0n) is 15.2. The summed E-state index contributed by atoms with van der Waals surface area (Å²) < 4.78 is 5.57. The van der Waals surface area contributed by atoms with E-state index in [1.54, 1.807) is 0 Å². The van der Waals surface area contributed by atoms with Gasteiger partial charge in [0.1, 0.15) is 5.75 Å². The molecule has 6 nitrogen and oxygen atoms in total. The Hall–Kier alpha value is -2.08. The number of hydrogen-bond donors (Lipinski definition) is 1. The Balaban J connectivity index is 1.25. The molecular formula is C20H27N3O3. The van der Waals surface area contributed by atoms with Gasteiger partial charge in [0.25, 0.3) is 0 Å². The molecule has 6 heteroatoms. The molecule has 1 atom stereocenters. The number of likely N-dealkylation sites (tertiary alicyclic amines) is 2. The van der Waals surface area contributed by atoms with Crippen LogP contribution in [0.3, 0.4) is 0 Å². The third-order valence-electron chi connectivity index (χ3n) is 6.03. The quantitative estimate of drug-likeness (QED) is 0.852. The van der Waals surface area contributed by atoms with Crippen LogP contribution in [-0.2, 0) is 22.4 Å². The Kier molecular flexibility index (Phi) is 4.85. The van der Waals surface area contributed by atoms with Crippen LogP contribution in [0.2, 0.25) is 0 Å². The zero-order chi connectivity index (χ0) is 18.1. The molecule has 3 aliphatic heterocycles. The van der Waals surface area contributed by atoms with Gasteiger partial charge in [0.2, 0.25) is 11.8 Å². The maximum absolute atomic E-state index is 12.2. The Morgan fingerprint density at radius 2 is 2.08 bits per heavy atom. The van der Waals surface area contributed by atoms with Crippen LogP contribution in [0.4, 0.5) is 0 Å². The van der Waals surface area contributed by atoms with Gasteiger partial charge in [0, 0.05) is 45.1 Å². The molecule has 2 amide bonds. The van der Waals surface area contributed by atoms with Gasteiger partial charge in [-0.1, -0.05) is 12.1 Å². The second-order valence-corrected chi connectivity index (χ2v) is 7.71. The van der Waals surface area contributed by atoms with Gasteiger partial charge in [0.15, 0.2) is 0 Å². The number of carbonyl (C=O) groups excluding carboxylic acids is 2. The number of nitrogens with zero attached hydrogens (tertiary/aromatic N) is 2. The highest BCUT2D eigenvalue weighted by Crippen LogP contribution is 2.27. The monoisotopic (exact) mass is 357 g/mol. The van der Waals surface area contributed by atoms with Crippen molar-refractivity contribution in [3.63, 3.8) is 0 Å². The number of hydrogen-bond acceptors (Lipinski definition) is 4. The predicted molar refractivity (Wildman–Crippen MR) is 97.8 cm³/mol. The first-order chi connectivity index (χ1) is 12.6. The van der Waals surface area contributed by atoms with E-state index in [4.69, 9.17) is 10.5 Å². The number of ether oxygens (including phenoxy) is 1. The van der Waals surface area contributed by atoms with E-state index in [-0.39, 0.29) is 30.2 Å². The van der Waals surface area contributed by atoms with Gasteiger partial charge in [-0.3, -0.25) is 9.59 Å².